The highest BCUT2D eigenvalue weighted by Gasteiger charge is 2.03. The second-order valence-corrected chi connectivity index (χ2v) is 3.03. The second kappa shape index (κ2) is 3.42. The van der Waals surface area contributed by atoms with Crippen molar-refractivity contribution < 1.29 is 5.02 Å². The lowest BCUT2D eigenvalue weighted by molar-refractivity contribution is 0.615. The first-order valence-electron chi connectivity index (χ1n) is 2.67. The van der Waals surface area contributed by atoms with Crippen LogP contribution in [0.4, 0.5) is 0 Å². The molecule has 10 heavy (non-hydrogen) atoms. The van der Waals surface area contributed by atoms with Crippen LogP contribution in [0.5, 0.6) is 0 Å². The highest BCUT2D eigenvalue weighted by Crippen LogP contribution is 2.12. The lowest BCUT2D eigenvalue weighted by Gasteiger charge is -1.99. The Kier molecular flexibility index (Phi) is 2.77. The van der Waals surface area contributed by atoms with Crippen molar-refractivity contribution in [1.29, 1.82) is 0 Å². The number of rotatable bonds is 1. The van der Waals surface area contributed by atoms with E-state index >= 15 is 0 Å². The maximum Gasteiger partial charge on any atom is 0.329 e. The summed E-state index contributed by atoms with van der Waals surface area (Å²) in [4.78, 5) is 0. The molecule has 0 aliphatic heterocycles. The fourth-order valence-electron chi connectivity index (χ4n) is 0.634. The smallest absolute Gasteiger partial charge is 0.329 e. The maximum atomic E-state index is 8.66. The van der Waals surface area contributed by atoms with E-state index in [1.807, 2.05) is 6.07 Å². The Morgan fingerprint density at radius 1 is 1.50 bits per heavy atom. The third-order valence-electron chi connectivity index (χ3n) is 1.13. The Hall–Kier alpha value is 0.0149. The van der Waals surface area contributed by atoms with Crippen LogP contribution in [0.2, 0.25) is 5.02 Å². The molecule has 0 atom stereocenters. The highest BCUT2D eigenvalue weighted by molar-refractivity contribution is 9.10. The summed E-state index contributed by atoms with van der Waals surface area (Å²) in [6.07, 6.45) is 0. The van der Waals surface area contributed by atoms with E-state index in [2.05, 4.69) is 15.9 Å². The molecule has 1 nitrogen and oxygen atoms in total. The number of hydrogen-bond donors (Lipinski definition) is 1. The zero-order valence-electron chi connectivity index (χ0n) is 5.01. The van der Waals surface area contributed by atoms with E-state index in [4.69, 9.17) is 16.6 Å². The number of benzene rings is 1. The minimum absolute atomic E-state index is 0.539. The summed E-state index contributed by atoms with van der Waals surface area (Å²) in [5.41, 5.74) is 0.615. The fraction of sp³-hybridized carbons (Fsp3) is 0. The molecule has 0 amide bonds. The van der Waals surface area contributed by atoms with Gasteiger partial charge in [-0.05, 0) is 17.6 Å². The molecule has 1 N–H and O–H groups in total. The average molecular weight is 218 g/mol. The molecule has 51 valence electrons. The predicted molar refractivity (Wildman–Crippen MR) is 46.8 cm³/mol. The zero-order valence-corrected chi connectivity index (χ0v) is 7.35. The Morgan fingerprint density at radius 3 is 2.60 bits per heavy atom. The molecule has 0 spiro atoms. The Balaban J connectivity index is 3.17. The van der Waals surface area contributed by atoms with Crippen molar-refractivity contribution in [3.8, 4) is 0 Å². The maximum absolute atomic E-state index is 8.66. The van der Waals surface area contributed by atoms with Crippen molar-refractivity contribution >= 4 is 40.5 Å². The normalized spacial score (nSPS) is 9.50. The summed E-state index contributed by atoms with van der Waals surface area (Å²) in [5.74, 6) is 0. The van der Waals surface area contributed by atoms with Gasteiger partial charge in [-0.1, -0.05) is 33.6 Å². The Morgan fingerprint density at radius 2 is 2.20 bits per heavy atom. The van der Waals surface area contributed by atoms with Crippen LogP contribution in [0.3, 0.4) is 0 Å². The molecule has 4 heteroatoms. The van der Waals surface area contributed by atoms with Crippen molar-refractivity contribution in [3.05, 3.63) is 27.7 Å². The lowest BCUT2D eigenvalue weighted by Crippen LogP contribution is -2.16. The van der Waals surface area contributed by atoms with E-state index in [9.17, 15) is 0 Å². The van der Waals surface area contributed by atoms with Gasteiger partial charge in [0.2, 0.25) is 0 Å². The van der Waals surface area contributed by atoms with Gasteiger partial charge in [-0.3, -0.25) is 0 Å². The van der Waals surface area contributed by atoms with Crippen LogP contribution in [0, 0.1) is 0 Å². The number of hydrogen-bond acceptors (Lipinski definition) is 1. The minimum atomic E-state index is 0.539. The van der Waals surface area contributed by atoms with Crippen molar-refractivity contribution in [1.82, 2.24) is 0 Å². The van der Waals surface area contributed by atoms with Crippen LogP contribution in [0.15, 0.2) is 22.7 Å². The van der Waals surface area contributed by atoms with Gasteiger partial charge in [0, 0.05) is 9.50 Å². The minimum Gasteiger partial charge on any atom is -0.450 e. The highest BCUT2D eigenvalue weighted by atomic mass is 79.9. The molecular formula is C6H4BBrClO. The summed E-state index contributed by atoms with van der Waals surface area (Å²) in [6, 6.07) is 5.34. The standard InChI is InChI=1S/C6H4BBrClO/c8-4-2-1-3-5(9)6(4)7-10/h1-3,10H. The molecule has 0 unspecified atom stereocenters. The van der Waals surface area contributed by atoms with Gasteiger partial charge in [-0.2, -0.15) is 0 Å². The van der Waals surface area contributed by atoms with E-state index in [1.54, 1.807) is 12.1 Å². The molecule has 1 radical (unpaired) electrons. The molecule has 0 bridgehead atoms. The molecular weight excluding hydrogens is 214 g/mol. The quantitative estimate of drug-likeness (QED) is 0.705. The monoisotopic (exact) mass is 217 g/mol. The van der Waals surface area contributed by atoms with Crippen LogP contribution in [0.1, 0.15) is 0 Å². The first-order valence-corrected chi connectivity index (χ1v) is 3.84. The summed E-state index contributed by atoms with van der Waals surface area (Å²) >= 11 is 8.94. The van der Waals surface area contributed by atoms with Crippen LogP contribution in [0.25, 0.3) is 0 Å². The summed E-state index contributed by atoms with van der Waals surface area (Å²) in [6.45, 7) is 0. The first kappa shape index (κ1) is 8.11. The third kappa shape index (κ3) is 1.54. The van der Waals surface area contributed by atoms with Gasteiger partial charge in [0.05, 0.1) is 0 Å². The molecule has 0 saturated heterocycles. The van der Waals surface area contributed by atoms with Crippen molar-refractivity contribution in [2.24, 2.45) is 0 Å². The van der Waals surface area contributed by atoms with Gasteiger partial charge in [-0.15, -0.1) is 0 Å². The van der Waals surface area contributed by atoms with Crippen LogP contribution in [-0.4, -0.2) is 12.5 Å². The van der Waals surface area contributed by atoms with Crippen molar-refractivity contribution in [2.45, 2.75) is 0 Å². The van der Waals surface area contributed by atoms with Crippen molar-refractivity contribution in [2.75, 3.05) is 0 Å². The van der Waals surface area contributed by atoms with E-state index in [-0.39, 0.29) is 0 Å². The molecule has 0 saturated carbocycles. The van der Waals surface area contributed by atoms with Crippen molar-refractivity contribution in [3.63, 3.8) is 0 Å². The molecule has 0 fully saturated rings. The van der Waals surface area contributed by atoms with Gasteiger partial charge < -0.3 is 5.02 Å². The summed E-state index contributed by atoms with van der Waals surface area (Å²) in [5, 5.41) is 9.20. The van der Waals surface area contributed by atoms with Crippen LogP contribution >= 0.6 is 27.5 Å². The van der Waals surface area contributed by atoms with E-state index in [1.165, 1.54) is 0 Å². The average Bonchev–Trinajstić information content (AvgIpc) is 1.88. The van der Waals surface area contributed by atoms with Gasteiger partial charge in [0.25, 0.3) is 0 Å². The summed E-state index contributed by atoms with van der Waals surface area (Å²) in [7, 11) is 0.979. The topological polar surface area (TPSA) is 20.2 Å². The molecule has 0 aromatic heterocycles. The van der Waals surface area contributed by atoms with Crippen LogP contribution in [-0.2, 0) is 0 Å². The molecule has 1 aromatic carbocycles. The molecule has 0 heterocycles. The van der Waals surface area contributed by atoms with E-state index in [0.717, 1.165) is 12.0 Å². The Bertz CT molecular complexity index is 221. The van der Waals surface area contributed by atoms with Crippen LogP contribution < -0.4 is 5.46 Å². The molecule has 1 rings (SSSR count). The second-order valence-electron chi connectivity index (χ2n) is 1.76. The van der Waals surface area contributed by atoms with E-state index < -0.39 is 0 Å². The molecule has 0 aliphatic rings. The summed E-state index contributed by atoms with van der Waals surface area (Å²) < 4.78 is 0.794. The molecule has 1 aromatic rings. The lowest BCUT2D eigenvalue weighted by atomic mass is 9.89. The van der Waals surface area contributed by atoms with Gasteiger partial charge in [0.15, 0.2) is 0 Å². The molecule has 0 aliphatic carbocycles. The largest absolute Gasteiger partial charge is 0.450 e. The van der Waals surface area contributed by atoms with Gasteiger partial charge >= 0.3 is 7.48 Å². The van der Waals surface area contributed by atoms with Gasteiger partial charge in [0.1, 0.15) is 0 Å². The third-order valence-corrected chi connectivity index (χ3v) is 2.15. The zero-order chi connectivity index (χ0) is 7.56. The predicted octanol–water partition coefficient (Wildman–Crippen LogP) is 1.34. The fourth-order valence-corrected chi connectivity index (χ4v) is 1.44. The van der Waals surface area contributed by atoms with Gasteiger partial charge in [-0.25, -0.2) is 0 Å². The Labute approximate surface area is 73.4 Å². The first-order chi connectivity index (χ1) is 4.75. The van der Waals surface area contributed by atoms with E-state index in [0.29, 0.717) is 10.5 Å². The number of halogens is 2. The SMILES string of the molecule is O[B]c1c(Cl)cccc1Br.